The van der Waals surface area contributed by atoms with E-state index in [0.717, 1.165) is 11.1 Å². The van der Waals surface area contributed by atoms with Crippen LogP contribution in [0.4, 0.5) is 11.4 Å². The van der Waals surface area contributed by atoms with Gasteiger partial charge in [0.05, 0.1) is 10.5 Å². The Morgan fingerprint density at radius 2 is 1.63 bits per heavy atom. The third kappa shape index (κ3) is 5.38. The maximum atomic E-state index is 12.5. The first-order valence-corrected chi connectivity index (χ1v) is 10.6. The average molecular weight is 472 g/mol. The molecule has 1 unspecified atom stereocenters. The summed E-state index contributed by atoms with van der Waals surface area (Å²) in [6.07, 6.45) is -1.09. The molecule has 0 bridgehead atoms. The second-order valence-electron chi connectivity index (χ2n) is 7.65. The summed E-state index contributed by atoms with van der Waals surface area (Å²) in [6, 6.07) is 19.3. The normalized spacial score (nSPS) is 11.5. The van der Waals surface area contributed by atoms with Crippen molar-refractivity contribution in [3.05, 3.63) is 94.0 Å². The topological polar surface area (TPSA) is 137 Å². The number of nitrogens with zero attached hydrogens (tertiary/aromatic N) is 3. The van der Waals surface area contributed by atoms with Crippen molar-refractivity contribution in [3.8, 4) is 22.9 Å². The number of carbonyl (C=O) groups is 2. The standard InChI is InChI=1S/C25H20N4O6/c1-15-5-3-4-6-21(15)24-28-27-23(35-24)17-7-9-18(10-8-17)25(31)34-16(2)22(30)26-19-11-13-20(14-12-19)29(32)33/h3-14,16H,1-2H3,(H,26,30). The molecule has 0 spiro atoms. The first-order chi connectivity index (χ1) is 16.8. The zero-order valence-electron chi connectivity index (χ0n) is 18.8. The minimum Gasteiger partial charge on any atom is -0.449 e. The maximum Gasteiger partial charge on any atom is 0.338 e. The van der Waals surface area contributed by atoms with Gasteiger partial charge in [-0.15, -0.1) is 10.2 Å². The highest BCUT2D eigenvalue weighted by molar-refractivity contribution is 5.97. The van der Waals surface area contributed by atoms with E-state index >= 15 is 0 Å². The Bertz CT molecular complexity index is 1380. The molecular weight excluding hydrogens is 452 g/mol. The van der Waals surface area contributed by atoms with E-state index in [2.05, 4.69) is 15.5 Å². The van der Waals surface area contributed by atoms with Gasteiger partial charge in [0.25, 0.3) is 11.6 Å². The van der Waals surface area contributed by atoms with E-state index < -0.39 is 22.9 Å². The van der Waals surface area contributed by atoms with Crippen LogP contribution in [0, 0.1) is 17.0 Å². The van der Waals surface area contributed by atoms with Crippen molar-refractivity contribution < 1.29 is 23.7 Å². The van der Waals surface area contributed by atoms with Crippen molar-refractivity contribution in [3.63, 3.8) is 0 Å². The number of rotatable bonds is 7. The number of ether oxygens (including phenoxy) is 1. The second kappa shape index (κ2) is 9.96. The summed E-state index contributed by atoms with van der Waals surface area (Å²) >= 11 is 0. The van der Waals surface area contributed by atoms with Crippen molar-refractivity contribution in [2.24, 2.45) is 0 Å². The third-order valence-corrected chi connectivity index (χ3v) is 5.17. The van der Waals surface area contributed by atoms with E-state index in [-0.39, 0.29) is 11.3 Å². The van der Waals surface area contributed by atoms with Gasteiger partial charge in [-0.25, -0.2) is 4.79 Å². The minimum absolute atomic E-state index is 0.0992. The number of anilines is 1. The van der Waals surface area contributed by atoms with Gasteiger partial charge in [0.15, 0.2) is 6.10 Å². The summed E-state index contributed by atoms with van der Waals surface area (Å²) in [7, 11) is 0. The lowest BCUT2D eigenvalue weighted by Gasteiger charge is -2.13. The fourth-order valence-corrected chi connectivity index (χ4v) is 3.20. The number of carbonyl (C=O) groups excluding carboxylic acids is 2. The van der Waals surface area contributed by atoms with E-state index in [1.54, 1.807) is 12.1 Å². The first kappa shape index (κ1) is 23.3. The SMILES string of the molecule is Cc1ccccc1-c1nnc(-c2ccc(C(=O)OC(C)C(=O)Nc3ccc([N+](=O)[O-])cc3)cc2)o1. The average Bonchev–Trinajstić information content (AvgIpc) is 3.34. The van der Waals surface area contributed by atoms with Crippen molar-refractivity contribution in [2.75, 3.05) is 5.32 Å². The Labute approximate surface area is 199 Å². The van der Waals surface area contributed by atoms with E-state index in [9.17, 15) is 19.7 Å². The van der Waals surface area contributed by atoms with Crippen LogP contribution in [0.3, 0.4) is 0 Å². The fourth-order valence-electron chi connectivity index (χ4n) is 3.20. The summed E-state index contributed by atoms with van der Waals surface area (Å²) < 4.78 is 11.0. The van der Waals surface area contributed by atoms with Gasteiger partial charge in [0, 0.05) is 28.9 Å². The Hall–Kier alpha value is -4.86. The van der Waals surface area contributed by atoms with E-state index in [1.807, 2.05) is 31.2 Å². The van der Waals surface area contributed by atoms with Crippen LogP contribution >= 0.6 is 0 Å². The number of esters is 1. The lowest BCUT2D eigenvalue weighted by Crippen LogP contribution is -2.30. The number of hydrogen-bond acceptors (Lipinski definition) is 8. The lowest BCUT2D eigenvalue weighted by molar-refractivity contribution is -0.384. The number of amides is 1. The summed E-state index contributed by atoms with van der Waals surface area (Å²) in [6.45, 7) is 3.38. The summed E-state index contributed by atoms with van der Waals surface area (Å²) in [4.78, 5) is 35.0. The number of aryl methyl sites for hydroxylation is 1. The van der Waals surface area contributed by atoms with E-state index in [4.69, 9.17) is 9.15 Å². The molecular formula is C25H20N4O6. The number of hydrogen-bond donors (Lipinski definition) is 1. The molecule has 4 rings (SSSR count). The number of benzene rings is 3. The van der Waals surface area contributed by atoms with Crippen molar-refractivity contribution in [1.82, 2.24) is 10.2 Å². The molecule has 4 aromatic rings. The number of nitro groups is 1. The van der Waals surface area contributed by atoms with Crippen LogP contribution in [0.15, 0.2) is 77.2 Å². The zero-order chi connectivity index (χ0) is 24.9. The number of nitro benzene ring substituents is 1. The highest BCUT2D eigenvalue weighted by Gasteiger charge is 2.20. The smallest absolute Gasteiger partial charge is 0.338 e. The molecule has 1 amide bonds. The maximum absolute atomic E-state index is 12.5. The second-order valence-corrected chi connectivity index (χ2v) is 7.65. The van der Waals surface area contributed by atoms with Crippen LogP contribution in [0.2, 0.25) is 0 Å². The van der Waals surface area contributed by atoms with Crippen LogP contribution in [0.5, 0.6) is 0 Å². The van der Waals surface area contributed by atoms with Gasteiger partial charge in [-0.2, -0.15) is 0 Å². The highest BCUT2D eigenvalue weighted by Crippen LogP contribution is 2.26. The van der Waals surface area contributed by atoms with Crippen LogP contribution in [-0.4, -0.2) is 33.1 Å². The molecule has 1 heterocycles. The van der Waals surface area contributed by atoms with Gasteiger partial charge >= 0.3 is 5.97 Å². The monoisotopic (exact) mass is 472 g/mol. The molecule has 1 atom stereocenters. The fraction of sp³-hybridized carbons (Fsp3) is 0.120. The molecule has 35 heavy (non-hydrogen) atoms. The Kier molecular flexibility index (Phi) is 6.63. The summed E-state index contributed by atoms with van der Waals surface area (Å²) in [5.74, 6) is -0.555. The molecule has 0 aliphatic rings. The lowest BCUT2D eigenvalue weighted by atomic mass is 10.1. The van der Waals surface area contributed by atoms with Crippen LogP contribution < -0.4 is 5.32 Å². The molecule has 10 heteroatoms. The van der Waals surface area contributed by atoms with Crippen LogP contribution in [0.1, 0.15) is 22.8 Å². The largest absolute Gasteiger partial charge is 0.449 e. The molecule has 0 aliphatic heterocycles. The van der Waals surface area contributed by atoms with Gasteiger partial charge in [-0.1, -0.05) is 18.2 Å². The third-order valence-electron chi connectivity index (χ3n) is 5.17. The minimum atomic E-state index is -1.09. The molecule has 0 saturated heterocycles. The molecule has 0 radical (unpaired) electrons. The van der Waals surface area contributed by atoms with Crippen LogP contribution in [-0.2, 0) is 9.53 Å². The predicted octanol–water partition coefficient (Wildman–Crippen LogP) is 4.80. The van der Waals surface area contributed by atoms with Crippen molar-refractivity contribution in [1.29, 1.82) is 0 Å². The molecule has 3 aromatic carbocycles. The molecule has 1 aromatic heterocycles. The number of non-ortho nitro benzene ring substituents is 1. The predicted molar refractivity (Wildman–Crippen MR) is 127 cm³/mol. The molecule has 0 saturated carbocycles. The van der Waals surface area contributed by atoms with E-state index in [1.165, 1.54) is 43.3 Å². The molecule has 176 valence electrons. The Balaban J connectivity index is 1.37. The zero-order valence-corrected chi connectivity index (χ0v) is 18.8. The quantitative estimate of drug-likeness (QED) is 0.230. The van der Waals surface area contributed by atoms with Gasteiger partial charge in [-0.3, -0.25) is 14.9 Å². The molecule has 0 fully saturated rings. The Morgan fingerprint density at radius 1 is 0.971 bits per heavy atom. The molecule has 10 nitrogen and oxygen atoms in total. The van der Waals surface area contributed by atoms with Crippen molar-refractivity contribution in [2.45, 2.75) is 20.0 Å². The first-order valence-electron chi connectivity index (χ1n) is 10.6. The Morgan fingerprint density at radius 3 is 2.29 bits per heavy atom. The van der Waals surface area contributed by atoms with Gasteiger partial charge in [-0.05, 0) is 61.9 Å². The van der Waals surface area contributed by atoms with E-state index in [0.29, 0.717) is 23.0 Å². The van der Waals surface area contributed by atoms with Crippen LogP contribution in [0.25, 0.3) is 22.9 Å². The number of aromatic nitrogens is 2. The highest BCUT2D eigenvalue weighted by atomic mass is 16.6. The van der Waals surface area contributed by atoms with Crippen molar-refractivity contribution >= 4 is 23.3 Å². The summed E-state index contributed by atoms with van der Waals surface area (Å²) in [5, 5.41) is 21.5. The van der Waals surface area contributed by atoms with Gasteiger partial charge in [0.2, 0.25) is 11.8 Å². The number of nitrogens with one attached hydrogen (secondary N) is 1. The van der Waals surface area contributed by atoms with Gasteiger partial charge < -0.3 is 14.5 Å². The summed E-state index contributed by atoms with van der Waals surface area (Å²) in [5.41, 5.74) is 2.95. The van der Waals surface area contributed by atoms with Gasteiger partial charge in [0.1, 0.15) is 0 Å². The molecule has 1 N–H and O–H groups in total. The molecule has 0 aliphatic carbocycles.